The second-order valence-electron chi connectivity index (χ2n) is 6.94. The van der Waals surface area contributed by atoms with Crippen LogP contribution in [0.25, 0.3) is 0 Å². The van der Waals surface area contributed by atoms with E-state index in [0.29, 0.717) is 27.8 Å². The van der Waals surface area contributed by atoms with Crippen molar-refractivity contribution in [2.24, 2.45) is 5.92 Å². The van der Waals surface area contributed by atoms with Gasteiger partial charge in [0.1, 0.15) is 5.92 Å². The molecule has 0 spiro atoms. The molecule has 164 valence electrons. The highest BCUT2D eigenvalue weighted by molar-refractivity contribution is 6.47. The number of carbonyl (C=O) groups excluding carboxylic acids is 3. The molecule has 1 saturated heterocycles. The van der Waals surface area contributed by atoms with Gasteiger partial charge in [0, 0.05) is 23.1 Å². The molecule has 10 heteroatoms. The van der Waals surface area contributed by atoms with Crippen molar-refractivity contribution in [1.29, 1.82) is 0 Å². The number of Topliss-reactive ketones (excluding diaryl/α,β-unsaturated/α-hetero) is 1. The van der Waals surface area contributed by atoms with Gasteiger partial charge in [-0.1, -0.05) is 41.4 Å². The lowest BCUT2D eigenvalue weighted by molar-refractivity contribution is -0.140. The van der Waals surface area contributed by atoms with E-state index in [1.54, 1.807) is 18.2 Å². The van der Waals surface area contributed by atoms with E-state index in [-0.39, 0.29) is 6.54 Å². The van der Waals surface area contributed by atoms with Gasteiger partial charge in [0.25, 0.3) is 5.91 Å². The van der Waals surface area contributed by atoms with Crippen LogP contribution >= 0.6 is 23.2 Å². The van der Waals surface area contributed by atoms with E-state index in [9.17, 15) is 27.6 Å². The maximum absolute atomic E-state index is 13.3. The predicted molar refractivity (Wildman–Crippen MR) is 110 cm³/mol. The standard InChI is InChI=1S/C21H17Cl2F3N2O3/c22-15-7-3-8-16(23)12(15)5-4-10-27-19(30)13-11-28(20(31)18(13)29)17-9-2-1-6-14(17)21(24,25)26/h1-3,6-9,13H,4-5,10-11H2,(H,27,30). The normalized spacial score (nSPS) is 16.7. The molecule has 1 aliphatic heterocycles. The minimum atomic E-state index is -4.71. The molecule has 2 amide bonds. The first-order valence-electron chi connectivity index (χ1n) is 9.33. The van der Waals surface area contributed by atoms with E-state index in [1.807, 2.05) is 0 Å². The number of benzene rings is 2. The Balaban J connectivity index is 1.63. The molecule has 1 heterocycles. The molecule has 0 saturated carbocycles. The predicted octanol–water partition coefficient (Wildman–Crippen LogP) is 4.29. The van der Waals surface area contributed by atoms with Gasteiger partial charge in [0.2, 0.25) is 11.7 Å². The highest BCUT2D eigenvalue weighted by Gasteiger charge is 2.46. The SMILES string of the molecule is O=C(NCCCc1c(Cl)cccc1Cl)C1CN(c2ccccc2C(F)(F)F)C(=O)C1=O. The van der Waals surface area contributed by atoms with Gasteiger partial charge in [-0.3, -0.25) is 14.4 Å². The summed E-state index contributed by atoms with van der Waals surface area (Å²) in [6.07, 6.45) is -3.77. The van der Waals surface area contributed by atoms with Crippen LogP contribution in [0.2, 0.25) is 10.0 Å². The zero-order valence-electron chi connectivity index (χ0n) is 16.0. The monoisotopic (exact) mass is 472 g/mol. The van der Waals surface area contributed by atoms with Crippen molar-refractivity contribution in [3.05, 3.63) is 63.6 Å². The summed E-state index contributed by atoms with van der Waals surface area (Å²) in [7, 11) is 0. The van der Waals surface area contributed by atoms with Crippen LogP contribution in [0.4, 0.5) is 18.9 Å². The molecule has 2 aromatic rings. The van der Waals surface area contributed by atoms with Gasteiger partial charge in [0.05, 0.1) is 11.3 Å². The molecule has 1 unspecified atom stereocenters. The third kappa shape index (κ3) is 5.02. The first-order chi connectivity index (χ1) is 14.6. The maximum Gasteiger partial charge on any atom is 0.418 e. The zero-order chi connectivity index (χ0) is 22.8. The average molecular weight is 473 g/mol. The Kier molecular flexibility index (Phi) is 6.91. The van der Waals surface area contributed by atoms with Gasteiger partial charge in [-0.2, -0.15) is 13.2 Å². The van der Waals surface area contributed by atoms with Crippen molar-refractivity contribution in [3.8, 4) is 0 Å². The quantitative estimate of drug-likeness (QED) is 0.387. The first-order valence-corrected chi connectivity index (χ1v) is 10.1. The maximum atomic E-state index is 13.3. The van der Waals surface area contributed by atoms with E-state index in [4.69, 9.17) is 23.2 Å². The third-order valence-corrected chi connectivity index (χ3v) is 5.63. The Morgan fingerprint density at radius 1 is 1.06 bits per heavy atom. The number of nitrogens with zero attached hydrogens (tertiary/aromatic N) is 1. The van der Waals surface area contributed by atoms with E-state index in [2.05, 4.69) is 5.32 Å². The highest BCUT2D eigenvalue weighted by Crippen LogP contribution is 2.38. The summed E-state index contributed by atoms with van der Waals surface area (Å²) < 4.78 is 39.8. The molecular weight excluding hydrogens is 456 g/mol. The smallest absolute Gasteiger partial charge is 0.355 e. The fourth-order valence-corrected chi connectivity index (χ4v) is 3.95. The second-order valence-corrected chi connectivity index (χ2v) is 7.76. The van der Waals surface area contributed by atoms with Crippen molar-refractivity contribution >= 4 is 46.5 Å². The Bertz CT molecular complexity index is 1010. The summed E-state index contributed by atoms with van der Waals surface area (Å²) in [6.45, 7) is -0.273. The number of hydrogen-bond acceptors (Lipinski definition) is 3. The van der Waals surface area contributed by atoms with Crippen LogP contribution in [0.5, 0.6) is 0 Å². The summed E-state index contributed by atoms with van der Waals surface area (Å²) in [4.78, 5) is 37.7. The van der Waals surface area contributed by atoms with Crippen LogP contribution in [0.15, 0.2) is 42.5 Å². The van der Waals surface area contributed by atoms with Crippen LogP contribution in [-0.2, 0) is 27.0 Å². The minimum absolute atomic E-state index is 0.178. The summed E-state index contributed by atoms with van der Waals surface area (Å²) in [5.74, 6) is -4.27. The van der Waals surface area contributed by atoms with E-state index < -0.39 is 47.5 Å². The Labute approximate surface area is 186 Å². The molecular formula is C21H17Cl2F3N2O3. The van der Waals surface area contributed by atoms with Gasteiger partial charge in [-0.15, -0.1) is 0 Å². The van der Waals surface area contributed by atoms with Crippen LogP contribution < -0.4 is 10.2 Å². The molecule has 2 aromatic carbocycles. The minimum Gasteiger partial charge on any atom is -0.355 e. The van der Waals surface area contributed by atoms with Crippen molar-refractivity contribution in [3.63, 3.8) is 0 Å². The lowest BCUT2D eigenvalue weighted by atomic mass is 10.1. The Hall–Kier alpha value is -2.58. The molecule has 0 bridgehead atoms. The molecule has 0 radical (unpaired) electrons. The average Bonchev–Trinajstić information content (AvgIpc) is 3.01. The molecule has 1 N–H and O–H groups in total. The number of nitrogens with one attached hydrogen (secondary N) is 1. The second kappa shape index (κ2) is 9.28. The molecule has 1 aliphatic rings. The van der Waals surface area contributed by atoms with Crippen molar-refractivity contribution < 1.29 is 27.6 Å². The van der Waals surface area contributed by atoms with Crippen LogP contribution in [0.3, 0.4) is 0 Å². The summed E-state index contributed by atoms with van der Waals surface area (Å²) in [5.41, 5.74) is -0.770. The van der Waals surface area contributed by atoms with E-state index in [0.717, 1.165) is 17.7 Å². The number of carbonyl (C=O) groups is 3. The fraction of sp³-hybridized carbons (Fsp3) is 0.286. The Morgan fingerprint density at radius 3 is 2.35 bits per heavy atom. The van der Waals surface area contributed by atoms with Gasteiger partial charge in [-0.05, 0) is 42.7 Å². The van der Waals surface area contributed by atoms with E-state index >= 15 is 0 Å². The van der Waals surface area contributed by atoms with Crippen molar-refractivity contribution in [1.82, 2.24) is 5.32 Å². The molecule has 1 fully saturated rings. The van der Waals surface area contributed by atoms with Crippen LogP contribution in [-0.4, -0.2) is 30.7 Å². The number of amides is 2. The first kappa shape index (κ1) is 23.1. The topological polar surface area (TPSA) is 66.5 Å². The molecule has 31 heavy (non-hydrogen) atoms. The largest absolute Gasteiger partial charge is 0.418 e. The van der Waals surface area contributed by atoms with Crippen molar-refractivity contribution in [2.75, 3.05) is 18.0 Å². The zero-order valence-corrected chi connectivity index (χ0v) is 17.5. The molecule has 0 aromatic heterocycles. The number of halogens is 5. The van der Waals surface area contributed by atoms with Crippen LogP contribution in [0, 0.1) is 5.92 Å². The highest BCUT2D eigenvalue weighted by atomic mass is 35.5. The number of para-hydroxylation sites is 1. The third-order valence-electron chi connectivity index (χ3n) is 4.92. The van der Waals surface area contributed by atoms with E-state index in [1.165, 1.54) is 12.1 Å². The lowest BCUT2D eigenvalue weighted by Crippen LogP contribution is -2.36. The number of hydrogen-bond donors (Lipinski definition) is 1. The van der Waals surface area contributed by atoms with Crippen molar-refractivity contribution in [2.45, 2.75) is 19.0 Å². The number of alkyl halides is 3. The fourth-order valence-electron chi connectivity index (χ4n) is 3.36. The van der Waals surface area contributed by atoms with Crippen LogP contribution in [0.1, 0.15) is 17.5 Å². The lowest BCUT2D eigenvalue weighted by Gasteiger charge is -2.20. The Morgan fingerprint density at radius 2 is 1.71 bits per heavy atom. The molecule has 1 atom stereocenters. The molecule has 0 aliphatic carbocycles. The molecule has 5 nitrogen and oxygen atoms in total. The molecule has 3 rings (SSSR count). The van der Waals surface area contributed by atoms with Gasteiger partial charge in [0.15, 0.2) is 0 Å². The summed E-state index contributed by atoms with van der Waals surface area (Å²) in [6, 6.07) is 9.53. The number of rotatable bonds is 6. The van der Waals surface area contributed by atoms with Gasteiger partial charge >= 0.3 is 6.18 Å². The van der Waals surface area contributed by atoms with Gasteiger partial charge in [-0.25, -0.2) is 0 Å². The number of anilines is 1. The van der Waals surface area contributed by atoms with Gasteiger partial charge < -0.3 is 10.2 Å². The number of ketones is 1. The summed E-state index contributed by atoms with van der Waals surface area (Å²) >= 11 is 12.2. The summed E-state index contributed by atoms with van der Waals surface area (Å²) in [5, 5.41) is 3.54.